The minimum absolute atomic E-state index is 0.0154. The maximum atomic E-state index is 11.9. The summed E-state index contributed by atoms with van der Waals surface area (Å²) in [6, 6.07) is 7.74. The second-order valence-corrected chi connectivity index (χ2v) is 5.96. The van der Waals surface area contributed by atoms with Gasteiger partial charge in [-0.1, -0.05) is 26.0 Å². The van der Waals surface area contributed by atoms with E-state index in [0.29, 0.717) is 19.6 Å². The van der Waals surface area contributed by atoms with Crippen molar-refractivity contribution >= 4 is 22.9 Å². The highest BCUT2D eigenvalue weighted by Crippen LogP contribution is 2.17. The summed E-state index contributed by atoms with van der Waals surface area (Å²) < 4.78 is 6.96. The zero-order valence-corrected chi connectivity index (χ0v) is 14.5. The van der Waals surface area contributed by atoms with Gasteiger partial charge in [0.1, 0.15) is 12.4 Å². The highest BCUT2D eigenvalue weighted by Gasteiger charge is 2.14. The van der Waals surface area contributed by atoms with Gasteiger partial charge in [-0.05, 0) is 25.5 Å². The number of esters is 1. The number of carbonyl (C=O) groups excluding carboxylic acids is 2. The number of benzene rings is 1. The molecule has 0 spiro atoms. The molecule has 1 aromatic carbocycles. The first-order chi connectivity index (χ1) is 11.5. The number of aromatic nitrogens is 2. The van der Waals surface area contributed by atoms with Crippen LogP contribution in [0.3, 0.4) is 0 Å². The van der Waals surface area contributed by atoms with Gasteiger partial charge in [-0.3, -0.25) is 9.59 Å². The number of amides is 1. The van der Waals surface area contributed by atoms with E-state index in [2.05, 4.69) is 10.3 Å². The lowest BCUT2D eigenvalue weighted by Crippen LogP contribution is -2.29. The third-order valence-electron chi connectivity index (χ3n) is 3.73. The van der Waals surface area contributed by atoms with E-state index in [-0.39, 0.29) is 24.3 Å². The summed E-state index contributed by atoms with van der Waals surface area (Å²) in [6.45, 7) is 6.65. The number of imidazole rings is 1. The summed E-state index contributed by atoms with van der Waals surface area (Å²) in [5, 5.41) is 2.90. The van der Waals surface area contributed by atoms with Crippen LogP contribution in [0, 0.1) is 5.92 Å². The van der Waals surface area contributed by atoms with Crippen molar-refractivity contribution in [3.05, 3.63) is 30.1 Å². The Bertz CT molecular complexity index is 707. The van der Waals surface area contributed by atoms with Gasteiger partial charge in [0.15, 0.2) is 0 Å². The predicted molar refractivity (Wildman–Crippen MR) is 92.5 cm³/mol. The Morgan fingerprint density at radius 2 is 2.04 bits per heavy atom. The number of nitrogens with one attached hydrogen (secondary N) is 1. The number of nitrogens with zero attached hydrogens (tertiary/aromatic N) is 2. The van der Waals surface area contributed by atoms with E-state index in [0.717, 1.165) is 23.3 Å². The average molecular weight is 331 g/mol. The first-order valence-corrected chi connectivity index (χ1v) is 8.40. The molecule has 0 saturated carbocycles. The van der Waals surface area contributed by atoms with E-state index in [1.165, 1.54) is 0 Å². The Balaban J connectivity index is 2.07. The van der Waals surface area contributed by atoms with Gasteiger partial charge in [0, 0.05) is 18.9 Å². The van der Waals surface area contributed by atoms with E-state index in [1.54, 1.807) is 6.92 Å². The molecule has 1 N–H and O–H groups in total. The van der Waals surface area contributed by atoms with E-state index in [4.69, 9.17) is 4.74 Å². The van der Waals surface area contributed by atoms with Crippen LogP contribution in [-0.4, -0.2) is 34.6 Å². The molecule has 2 rings (SSSR count). The van der Waals surface area contributed by atoms with Crippen LogP contribution in [0.1, 0.15) is 33.0 Å². The Morgan fingerprint density at radius 1 is 1.29 bits per heavy atom. The molecule has 0 saturated heterocycles. The topological polar surface area (TPSA) is 73.2 Å². The van der Waals surface area contributed by atoms with Crippen LogP contribution in [0.25, 0.3) is 11.0 Å². The van der Waals surface area contributed by atoms with Crippen molar-refractivity contribution in [3.63, 3.8) is 0 Å². The van der Waals surface area contributed by atoms with Crippen molar-refractivity contribution in [3.8, 4) is 0 Å². The molecule has 0 bridgehead atoms. The Morgan fingerprint density at radius 3 is 2.75 bits per heavy atom. The van der Waals surface area contributed by atoms with Crippen molar-refractivity contribution in [1.29, 1.82) is 0 Å². The standard InChI is InChI=1S/C18H25N3O3/c1-4-24-17(22)12-21-15-9-6-5-8-14(15)20-16(21)10-7-11-19-18(23)13(2)3/h5-6,8-9,13H,4,7,10-12H2,1-3H3,(H,19,23). The molecule has 6 nitrogen and oxygen atoms in total. The molecule has 0 atom stereocenters. The molecule has 1 amide bonds. The summed E-state index contributed by atoms with van der Waals surface area (Å²) in [5.74, 6) is 0.603. The van der Waals surface area contributed by atoms with Gasteiger partial charge in [-0.25, -0.2) is 4.98 Å². The highest BCUT2D eigenvalue weighted by atomic mass is 16.5. The normalized spacial score (nSPS) is 11.0. The van der Waals surface area contributed by atoms with Gasteiger partial charge in [0.2, 0.25) is 5.91 Å². The molecule has 0 unspecified atom stereocenters. The number of hydrogen-bond acceptors (Lipinski definition) is 4. The number of hydrogen-bond donors (Lipinski definition) is 1. The van der Waals surface area contributed by atoms with E-state index < -0.39 is 0 Å². The summed E-state index contributed by atoms with van der Waals surface area (Å²) in [5.41, 5.74) is 1.79. The first-order valence-electron chi connectivity index (χ1n) is 8.40. The molecule has 0 aliphatic heterocycles. The minimum atomic E-state index is -0.269. The van der Waals surface area contributed by atoms with Crippen molar-refractivity contribution < 1.29 is 14.3 Å². The zero-order valence-electron chi connectivity index (χ0n) is 14.5. The predicted octanol–water partition coefficient (Wildman–Crippen LogP) is 2.30. The third-order valence-corrected chi connectivity index (χ3v) is 3.73. The van der Waals surface area contributed by atoms with Crippen molar-refractivity contribution in [2.75, 3.05) is 13.2 Å². The molecule has 1 heterocycles. The van der Waals surface area contributed by atoms with Gasteiger partial charge in [-0.15, -0.1) is 0 Å². The minimum Gasteiger partial charge on any atom is -0.465 e. The quantitative estimate of drug-likeness (QED) is 0.595. The largest absolute Gasteiger partial charge is 0.465 e. The van der Waals surface area contributed by atoms with Crippen molar-refractivity contribution in [2.45, 2.75) is 40.2 Å². The molecule has 130 valence electrons. The summed E-state index contributed by atoms with van der Waals surface area (Å²) in [4.78, 5) is 28.1. The lowest BCUT2D eigenvalue weighted by molar-refractivity contribution is -0.143. The summed E-state index contributed by atoms with van der Waals surface area (Å²) >= 11 is 0. The fourth-order valence-corrected chi connectivity index (χ4v) is 2.49. The molecule has 0 radical (unpaired) electrons. The molecule has 1 aromatic heterocycles. The number of aryl methyl sites for hydroxylation is 1. The molecule has 2 aromatic rings. The number of ether oxygens (including phenoxy) is 1. The monoisotopic (exact) mass is 331 g/mol. The molecule has 0 aliphatic rings. The van der Waals surface area contributed by atoms with Gasteiger partial charge in [0.05, 0.1) is 17.6 Å². The van der Waals surface area contributed by atoms with Gasteiger partial charge >= 0.3 is 5.97 Å². The van der Waals surface area contributed by atoms with Crippen LogP contribution in [0.15, 0.2) is 24.3 Å². The van der Waals surface area contributed by atoms with E-state index >= 15 is 0 Å². The maximum absolute atomic E-state index is 11.9. The SMILES string of the molecule is CCOC(=O)Cn1c(CCCNC(=O)C(C)C)nc2ccccc21. The van der Waals surface area contributed by atoms with Crippen molar-refractivity contribution in [1.82, 2.24) is 14.9 Å². The lowest BCUT2D eigenvalue weighted by atomic mass is 10.2. The first kappa shape index (κ1) is 18.0. The fourth-order valence-electron chi connectivity index (χ4n) is 2.49. The summed E-state index contributed by atoms with van der Waals surface area (Å²) in [6.07, 6.45) is 1.46. The van der Waals surface area contributed by atoms with Crippen LogP contribution in [0.5, 0.6) is 0 Å². The number of rotatable bonds is 8. The molecular formula is C18H25N3O3. The zero-order chi connectivity index (χ0) is 17.5. The maximum Gasteiger partial charge on any atom is 0.326 e. The van der Waals surface area contributed by atoms with Crippen LogP contribution < -0.4 is 5.32 Å². The van der Waals surface area contributed by atoms with Gasteiger partial charge < -0.3 is 14.6 Å². The van der Waals surface area contributed by atoms with Crippen LogP contribution >= 0.6 is 0 Å². The fraction of sp³-hybridized carbons (Fsp3) is 0.500. The van der Waals surface area contributed by atoms with Crippen LogP contribution in [0.4, 0.5) is 0 Å². The van der Waals surface area contributed by atoms with Crippen molar-refractivity contribution in [2.24, 2.45) is 5.92 Å². The van der Waals surface area contributed by atoms with Gasteiger partial charge in [0.25, 0.3) is 0 Å². The van der Waals surface area contributed by atoms with Crippen LogP contribution in [0.2, 0.25) is 0 Å². The van der Waals surface area contributed by atoms with Crippen LogP contribution in [-0.2, 0) is 27.3 Å². The van der Waals surface area contributed by atoms with E-state index in [9.17, 15) is 9.59 Å². The van der Waals surface area contributed by atoms with E-state index in [1.807, 2.05) is 42.7 Å². The molecule has 0 fully saturated rings. The van der Waals surface area contributed by atoms with Gasteiger partial charge in [-0.2, -0.15) is 0 Å². The molecule has 24 heavy (non-hydrogen) atoms. The smallest absolute Gasteiger partial charge is 0.326 e. The second-order valence-electron chi connectivity index (χ2n) is 5.96. The number of para-hydroxylation sites is 2. The third kappa shape index (κ3) is 4.57. The highest BCUT2D eigenvalue weighted by molar-refractivity contribution is 5.79. The number of fused-ring (bicyclic) bond motifs is 1. The molecular weight excluding hydrogens is 306 g/mol. The second kappa shape index (κ2) is 8.47. The Kier molecular flexibility index (Phi) is 6.35. The lowest BCUT2D eigenvalue weighted by Gasteiger charge is -2.10. The summed E-state index contributed by atoms with van der Waals surface area (Å²) in [7, 11) is 0. The number of carbonyl (C=O) groups is 2. The average Bonchev–Trinajstić information content (AvgIpc) is 2.89. The Labute approximate surface area is 142 Å². The molecule has 0 aliphatic carbocycles. The molecule has 6 heteroatoms. The Hall–Kier alpha value is -2.37.